The van der Waals surface area contributed by atoms with Gasteiger partial charge in [-0.1, -0.05) is 18.2 Å². The van der Waals surface area contributed by atoms with E-state index >= 15 is 0 Å². The molecule has 0 aliphatic rings. The number of carbonyl (C=O) groups is 1. The predicted molar refractivity (Wildman–Crippen MR) is 66.7 cm³/mol. The number of carbonyl (C=O) groups excluding carboxylic acids is 1. The molecule has 1 amide bonds. The van der Waals surface area contributed by atoms with E-state index in [1.807, 2.05) is 6.07 Å². The number of H-pyrrole nitrogens is 1. The molecule has 0 spiro atoms. The largest absolute Gasteiger partial charge is 0.328 e. The molecule has 0 bridgehead atoms. The number of rotatable bonds is 2. The lowest BCUT2D eigenvalue weighted by Gasteiger charge is -2.04. The van der Waals surface area contributed by atoms with E-state index in [1.54, 1.807) is 24.3 Å². The van der Waals surface area contributed by atoms with Crippen molar-refractivity contribution in [3.8, 4) is 0 Å². The van der Waals surface area contributed by atoms with Crippen LogP contribution >= 0.6 is 0 Å². The van der Waals surface area contributed by atoms with E-state index < -0.39 is 17.2 Å². The molecule has 0 aliphatic carbocycles. The molecule has 0 saturated carbocycles. The molecule has 6 nitrogen and oxygen atoms in total. The van der Waals surface area contributed by atoms with Gasteiger partial charge in [0.15, 0.2) is 0 Å². The van der Waals surface area contributed by atoms with Gasteiger partial charge in [0.05, 0.1) is 0 Å². The van der Waals surface area contributed by atoms with Gasteiger partial charge < -0.3 is 10.3 Å². The average Bonchev–Trinajstić information content (AvgIpc) is 2.37. The van der Waals surface area contributed by atoms with E-state index in [1.165, 1.54) is 7.05 Å². The van der Waals surface area contributed by atoms with Crippen LogP contribution in [0.15, 0.2) is 46.1 Å². The molecule has 18 heavy (non-hydrogen) atoms. The first kappa shape index (κ1) is 11.8. The fourth-order valence-corrected chi connectivity index (χ4v) is 1.45. The third-order valence-electron chi connectivity index (χ3n) is 2.46. The van der Waals surface area contributed by atoms with Gasteiger partial charge in [-0.3, -0.25) is 14.2 Å². The molecule has 0 radical (unpaired) electrons. The monoisotopic (exact) mass is 245 g/mol. The molecule has 0 unspecified atom stereocenters. The summed E-state index contributed by atoms with van der Waals surface area (Å²) in [6, 6.07) is 8.75. The van der Waals surface area contributed by atoms with Gasteiger partial charge in [-0.25, -0.2) is 4.79 Å². The van der Waals surface area contributed by atoms with Gasteiger partial charge in [-0.15, -0.1) is 0 Å². The molecule has 92 valence electrons. The first-order valence-electron chi connectivity index (χ1n) is 5.24. The topological polar surface area (TPSA) is 84.0 Å². The van der Waals surface area contributed by atoms with E-state index in [4.69, 9.17) is 0 Å². The lowest BCUT2D eigenvalue weighted by atomic mass is 10.2. The second-order valence-corrected chi connectivity index (χ2v) is 3.69. The van der Waals surface area contributed by atoms with Gasteiger partial charge in [0.1, 0.15) is 5.56 Å². The number of amides is 1. The van der Waals surface area contributed by atoms with Gasteiger partial charge in [0.2, 0.25) is 0 Å². The van der Waals surface area contributed by atoms with Crippen LogP contribution in [0.1, 0.15) is 10.4 Å². The van der Waals surface area contributed by atoms with Crippen molar-refractivity contribution in [3.63, 3.8) is 0 Å². The van der Waals surface area contributed by atoms with Crippen molar-refractivity contribution >= 4 is 11.6 Å². The highest BCUT2D eigenvalue weighted by Gasteiger charge is 2.12. The van der Waals surface area contributed by atoms with Crippen LogP contribution in [0, 0.1) is 0 Å². The van der Waals surface area contributed by atoms with E-state index in [-0.39, 0.29) is 5.56 Å². The fourth-order valence-electron chi connectivity index (χ4n) is 1.45. The number of benzene rings is 1. The number of hydrogen-bond donors (Lipinski definition) is 2. The third kappa shape index (κ3) is 2.22. The highest BCUT2D eigenvalue weighted by Crippen LogP contribution is 2.05. The summed E-state index contributed by atoms with van der Waals surface area (Å²) in [6.45, 7) is 0. The van der Waals surface area contributed by atoms with Crippen LogP contribution < -0.4 is 16.6 Å². The zero-order valence-electron chi connectivity index (χ0n) is 9.64. The van der Waals surface area contributed by atoms with Crippen LogP contribution in [0.5, 0.6) is 0 Å². The van der Waals surface area contributed by atoms with Crippen LogP contribution in [0.4, 0.5) is 5.69 Å². The number of para-hydroxylation sites is 1. The number of nitrogens with zero attached hydrogens (tertiary/aromatic N) is 1. The Bertz CT molecular complexity index is 686. The zero-order valence-corrected chi connectivity index (χ0v) is 9.64. The molecule has 0 aliphatic heterocycles. The summed E-state index contributed by atoms with van der Waals surface area (Å²) in [6.07, 6.45) is 1.11. The smallest absolute Gasteiger partial charge is 0.322 e. The lowest BCUT2D eigenvalue weighted by molar-refractivity contribution is 0.102. The summed E-state index contributed by atoms with van der Waals surface area (Å²) in [4.78, 5) is 37.0. The SMILES string of the molecule is Cn1c(=O)[nH]cc(C(=O)Nc2ccccc2)c1=O. The number of aromatic amines is 1. The Kier molecular flexibility index (Phi) is 3.09. The maximum absolute atomic E-state index is 11.9. The van der Waals surface area contributed by atoms with Crippen LogP contribution in [0.3, 0.4) is 0 Å². The molecule has 6 heteroatoms. The number of aromatic nitrogens is 2. The molecule has 0 atom stereocenters. The molecule has 2 rings (SSSR count). The Hall–Kier alpha value is -2.63. The van der Waals surface area contributed by atoms with Crippen molar-refractivity contribution in [1.29, 1.82) is 0 Å². The van der Waals surface area contributed by atoms with Crippen molar-refractivity contribution < 1.29 is 4.79 Å². The second kappa shape index (κ2) is 4.70. The summed E-state index contributed by atoms with van der Waals surface area (Å²) < 4.78 is 0.847. The molecule has 2 aromatic rings. The number of hydrogen-bond acceptors (Lipinski definition) is 3. The minimum absolute atomic E-state index is 0.110. The summed E-state index contributed by atoms with van der Waals surface area (Å²) in [7, 11) is 1.31. The van der Waals surface area contributed by atoms with Crippen molar-refractivity contribution in [3.05, 3.63) is 62.9 Å². The Morgan fingerprint density at radius 1 is 1.22 bits per heavy atom. The number of anilines is 1. The van der Waals surface area contributed by atoms with E-state index in [9.17, 15) is 14.4 Å². The molecule has 1 aromatic heterocycles. The first-order valence-corrected chi connectivity index (χ1v) is 5.24. The summed E-state index contributed by atoms with van der Waals surface area (Å²) in [5.41, 5.74) is -0.722. The Morgan fingerprint density at radius 3 is 2.56 bits per heavy atom. The summed E-state index contributed by atoms with van der Waals surface area (Å²) >= 11 is 0. The quantitative estimate of drug-likeness (QED) is 0.799. The third-order valence-corrected chi connectivity index (χ3v) is 2.46. The first-order chi connectivity index (χ1) is 8.59. The highest BCUT2D eigenvalue weighted by molar-refractivity contribution is 6.03. The fraction of sp³-hybridized carbons (Fsp3) is 0.0833. The van der Waals surface area contributed by atoms with Crippen molar-refractivity contribution in [2.45, 2.75) is 0 Å². The minimum Gasteiger partial charge on any atom is -0.322 e. The van der Waals surface area contributed by atoms with Gasteiger partial charge in [0, 0.05) is 18.9 Å². The zero-order chi connectivity index (χ0) is 13.1. The molecule has 2 N–H and O–H groups in total. The Morgan fingerprint density at radius 2 is 1.89 bits per heavy atom. The maximum atomic E-state index is 11.9. The molecular weight excluding hydrogens is 234 g/mol. The summed E-state index contributed by atoms with van der Waals surface area (Å²) in [5, 5.41) is 2.57. The van der Waals surface area contributed by atoms with Crippen molar-refractivity contribution in [1.82, 2.24) is 9.55 Å². The van der Waals surface area contributed by atoms with Crippen molar-refractivity contribution in [2.75, 3.05) is 5.32 Å². The van der Waals surface area contributed by atoms with E-state index in [2.05, 4.69) is 10.3 Å². The van der Waals surface area contributed by atoms with Gasteiger partial charge >= 0.3 is 5.69 Å². The van der Waals surface area contributed by atoms with Crippen LogP contribution in [-0.2, 0) is 7.05 Å². The molecule has 0 fully saturated rings. The average molecular weight is 245 g/mol. The summed E-state index contributed by atoms with van der Waals surface area (Å²) in [5.74, 6) is -0.557. The van der Waals surface area contributed by atoms with Gasteiger partial charge in [-0.2, -0.15) is 0 Å². The molecular formula is C12H11N3O3. The Balaban J connectivity index is 2.34. The molecule has 1 aromatic carbocycles. The van der Waals surface area contributed by atoms with Crippen LogP contribution in [0.2, 0.25) is 0 Å². The lowest BCUT2D eigenvalue weighted by Crippen LogP contribution is -2.37. The van der Waals surface area contributed by atoms with Crippen LogP contribution in [0.25, 0.3) is 0 Å². The van der Waals surface area contributed by atoms with Crippen LogP contribution in [-0.4, -0.2) is 15.5 Å². The molecule has 0 saturated heterocycles. The van der Waals surface area contributed by atoms with Gasteiger partial charge in [0.25, 0.3) is 11.5 Å². The minimum atomic E-state index is -0.632. The highest BCUT2D eigenvalue weighted by atomic mass is 16.2. The normalized spacial score (nSPS) is 10.1. The maximum Gasteiger partial charge on any atom is 0.328 e. The number of nitrogens with one attached hydrogen (secondary N) is 2. The van der Waals surface area contributed by atoms with E-state index in [0.29, 0.717) is 5.69 Å². The van der Waals surface area contributed by atoms with E-state index in [0.717, 1.165) is 10.8 Å². The predicted octanol–water partition coefficient (Wildman–Crippen LogP) is 0.326. The standard InChI is InChI=1S/C12H11N3O3/c1-15-11(17)9(7-13-12(15)18)10(16)14-8-5-3-2-4-6-8/h2-7H,1H3,(H,13,18)(H,14,16). The second-order valence-electron chi connectivity index (χ2n) is 3.69. The molecule has 1 heterocycles. The Labute approximate surface area is 102 Å². The van der Waals surface area contributed by atoms with Crippen molar-refractivity contribution in [2.24, 2.45) is 7.05 Å². The van der Waals surface area contributed by atoms with Gasteiger partial charge in [-0.05, 0) is 12.1 Å².